The van der Waals surface area contributed by atoms with E-state index in [1.165, 1.54) is 12.8 Å². The van der Waals surface area contributed by atoms with Gasteiger partial charge >= 0.3 is 5.97 Å². The zero-order valence-corrected chi connectivity index (χ0v) is 16.1. The predicted molar refractivity (Wildman–Crippen MR) is 103 cm³/mol. The molecule has 1 aliphatic rings. The highest BCUT2D eigenvalue weighted by Gasteiger charge is 2.22. The van der Waals surface area contributed by atoms with Crippen molar-refractivity contribution in [1.29, 1.82) is 0 Å². The number of carbonyl (C=O) groups is 1. The number of piperidine rings is 1. The molecule has 25 heavy (non-hydrogen) atoms. The van der Waals surface area contributed by atoms with Crippen molar-refractivity contribution in [2.45, 2.75) is 45.1 Å². The molecule has 0 atom stereocenters. The maximum atomic E-state index is 12.3. The predicted octanol–water partition coefficient (Wildman–Crippen LogP) is 4.25. The van der Waals surface area contributed by atoms with Crippen molar-refractivity contribution in [1.82, 2.24) is 9.38 Å². The molecule has 1 saturated heterocycles. The molecule has 6 heteroatoms. The summed E-state index contributed by atoms with van der Waals surface area (Å²) in [7, 11) is 0. The summed E-state index contributed by atoms with van der Waals surface area (Å²) >= 11 is 1.78. The molecule has 0 radical (unpaired) electrons. The van der Waals surface area contributed by atoms with Gasteiger partial charge in [-0.3, -0.25) is 4.40 Å². The fraction of sp³-hybridized carbons (Fsp3) is 0.579. The zero-order chi connectivity index (χ0) is 17.8. The standard InChI is InChI=1S/C19H27N3O2S/c1-4-10-25-17-12-20-18-16(21-8-6-14(3)7-9-21)11-15(13-22(17)18)19(23)24-5-2/h11-14H,4-10H2,1-3H3. The van der Waals surface area contributed by atoms with Crippen LogP contribution in [-0.2, 0) is 4.74 Å². The van der Waals surface area contributed by atoms with E-state index in [1.807, 2.05) is 25.4 Å². The van der Waals surface area contributed by atoms with Crippen LogP contribution in [0.4, 0.5) is 5.69 Å². The van der Waals surface area contributed by atoms with Gasteiger partial charge in [-0.2, -0.15) is 0 Å². The highest BCUT2D eigenvalue weighted by Crippen LogP contribution is 2.31. The molecule has 0 spiro atoms. The summed E-state index contributed by atoms with van der Waals surface area (Å²) in [5.41, 5.74) is 2.57. The number of imidazole rings is 1. The smallest absolute Gasteiger partial charge is 0.339 e. The Morgan fingerprint density at radius 2 is 2.12 bits per heavy atom. The van der Waals surface area contributed by atoms with Crippen LogP contribution in [0, 0.1) is 5.92 Å². The van der Waals surface area contributed by atoms with Crippen LogP contribution in [0.2, 0.25) is 0 Å². The molecule has 0 aliphatic carbocycles. The lowest BCUT2D eigenvalue weighted by atomic mass is 9.99. The van der Waals surface area contributed by atoms with E-state index in [1.54, 1.807) is 11.8 Å². The summed E-state index contributed by atoms with van der Waals surface area (Å²) < 4.78 is 7.29. The third kappa shape index (κ3) is 3.94. The second kappa shape index (κ2) is 8.13. The maximum Gasteiger partial charge on any atom is 0.339 e. The minimum Gasteiger partial charge on any atom is -0.462 e. The molecule has 3 heterocycles. The normalized spacial score (nSPS) is 15.7. The molecular formula is C19H27N3O2S. The number of aromatic nitrogens is 2. The van der Waals surface area contributed by atoms with Crippen LogP contribution in [0.25, 0.3) is 5.65 Å². The SMILES string of the molecule is CCCSc1cnc2c(N3CCC(C)CC3)cc(C(=O)OCC)cn12. The van der Waals surface area contributed by atoms with Gasteiger partial charge in [-0.1, -0.05) is 13.8 Å². The van der Waals surface area contributed by atoms with Crippen LogP contribution in [0.1, 0.15) is 50.4 Å². The van der Waals surface area contributed by atoms with Crippen molar-refractivity contribution >= 4 is 29.1 Å². The van der Waals surface area contributed by atoms with Crippen LogP contribution in [0.15, 0.2) is 23.5 Å². The topological polar surface area (TPSA) is 46.8 Å². The third-order valence-corrected chi connectivity index (χ3v) is 5.85. The Morgan fingerprint density at radius 1 is 1.36 bits per heavy atom. The lowest BCUT2D eigenvalue weighted by molar-refractivity contribution is 0.0525. The number of rotatable bonds is 6. The number of hydrogen-bond donors (Lipinski definition) is 0. The Balaban J connectivity index is 2.03. The maximum absolute atomic E-state index is 12.3. The number of esters is 1. The Labute approximate surface area is 153 Å². The van der Waals surface area contributed by atoms with Gasteiger partial charge in [0.25, 0.3) is 0 Å². The Bertz CT molecular complexity index is 736. The van der Waals surface area contributed by atoms with Crippen LogP contribution < -0.4 is 4.90 Å². The van der Waals surface area contributed by atoms with Crippen LogP contribution in [-0.4, -0.2) is 40.8 Å². The molecule has 2 aromatic rings. The van der Waals surface area contributed by atoms with E-state index < -0.39 is 0 Å². The molecular weight excluding hydrogens is 334 g/mol. The largest absolute Gasteiger partial charge is 0.462 e. The Morgan fingerprint density at radius 3 is 2.80 bits per heavy atom. The fourth-order valence-electron chi connectivity index (χ4n) is 3.17. The summed E-state index contributed by atoms with van der Waals surface area (Å²) in [6.45, 7) is 8.70. The molecule has 0 N–H and O–H groups in total. The van der Waals surface area contributed by atoms with Gasteiger partial charge in [-0.15, -0.1) is 11.8 Å². The summed E-state index contributed by atoms with van der Waals surface area (Å²) in [5.74, 6) is 1.53. The highest BCUT2D eigenvalue weighted by molar-refractivity contribution is 7.99. The molecule has 0 aromatic carbocycles. The van der Waals surface area contributed by atoms with Gasteiger partial charge in [-0.05, 0) is 43.9 Å². The lowest BCUT2D eigenvalue weighted by Gasteiger charge is -2.32. The van der Waals surface area contributed by atoms with Gasteiger partial charge in [-0.25, -0.2) is 9.78 Å². The minimum absolute atomic E-state index is 0.267. The van der Waals surface area contributed by atoms with E-state index in [4.69, 9.17) is 4.74 Å². The Hall–Kier alpha value is -1.69. The number of pyridine rings is 1. The van der Waals surface area contributed by atoms with Crippen molar-refractivity contribution in [3.8, 4) is 0 Å². The number of nitrogens with zero attached hydrogens (tertiary/aromatic N) is 3. The number of carbonyl (C=O) groups excluding carboxylic acids is 1. The van der Waals surface area contributed by atoms with Gasteiger partial charge < -0.3 is 9.64 Å². The minimum atomic E-state index is -0.267. The first-order valence-electron chi connectivity index (χ1n) is 9.20. The first-order chi connectivity index (χ1) is 12.1. The quantitative estimate of drug-likeness (QED) is 0.569. The van der Waals surface area contributed by atoms with Crippen molar-refractivity contribution < 1.29 is 9.53 Å². The molecule has 3 rings (SSSR count). The molecule has 136 valence electrons. The monoisotopic (exact) mass is 361 g/mol. The van der Waals surface area contributed by atoms with Gasteiger partial charge in [0.1, 0.15) is 0 Å². The molecule has 0 bridgehead atoms. The molecule has 0 amide bonds. The lowest BCUT2D eigenvalue weighted by Crippen LogP contribution is -2.33. The summed E-state index contributed by atoms with van der Waals surface area (Å²) in [6.07, 6.45) is 7.24. The molecule has 0 unspecified atom stereocenters. The number of ether oxygens (including phenoxy) is 1. The van der Waals surface area contributed by atoms with E-state index in [9.17, 15) is 4.79 Å². The number of thioether (sulfide) groups is 1. The fourth-order valence-corrected chi connectivity index (χ4v) is 3.99. The van der Waals surface area contributed by atoms with E-state index >= 15 is 0 Å². The second-order valence-corrected chi connectivity index (χ2v) is 7.76. The first-order valence-corrected chi connectivity index (χ1v) is 10.2. The van der Waals surface area contributed by atoms with Crippen molar-refractivity contribution in [3.05, 3.63) is 24.0 Å². The van der Waals surface area contributed by atoms with Crippen LogP contribution in [0.5, 0.6) is 0 Å². The van der Waals surface area contributed by atoms with Crippen molar-refractivity contribution in [2.24, 2.45) is 5.92 Å². The van der Waals surface area contributed by atoms with Crippen molar-refractivity contribution in [3.63, 3.8) is 0 Å². The van der Waals surface area contributed by atoms with Gasteiger partial charge in [0.05, 0.1) is 29.1 Å². The molecule has 1 fully saturated rings. The zero-order valence-electron chi connectivity index (χ0n) is 15.3. The molecule has 1 aliphatic heterocycles. The first kappa shape index (κ1) is 18.1. The number of anilines is 1. The summed E-state index contributed by atoms with van der Waals surface area (Å²) in [6, 6.07) is 1.95. The summed E-state index contributed by atoms with van der Waals surface area (Å²) in [4.78, 5) is 19.4. The summed E-state index contributed by atoms with van der Waals surface area (Å²) in [5, 5.41) is 1.08. The van der Waals surface area contributed by atoms with Crippen LogP contribution in [0.3, 0.4) is 0 Å². The van der Waals surface area contributed by atoms with Gasteiger partial charge in [0.2, 0.25) is 0 Å². The third-order valence-electron chi connectivity index (χ3n) is 4.64. The van der Waals surface area contributed by atoms with E-state index in [0.717, 1.165) is 47.5 Å². The number of fused-ring (bicyclic) bond motifs is 1. The Kier molecular flexibility index (Phi) is 5.89. The number of hydrogen-bond acceptors (Lipinski definition) is 5. The van der Waals surface area contributed by atoms with Crippen molar-refractivity contribution in [2.75, 3.05) is 30.3 Å². The molecule has 0 saturated carbocycles. The average Bonchev–Trinajstić information content (AvgIpc) is 3.03. The second-order valence-electron chi connectivity index (χ2n) is 6.64. The van der Waals surface area contributed by atoms with E-state index in [2.05, 4.69) is 28.1 Å². The van der Waals surface area contributed by atoms with E-state index in [0.29, 0.717) is 12.2 Å². The average molecular weight is 362 g/mol. The van der Waals surface area contributed by atoms with E-state index in [-0.39, 0.29) is 5.97 Å². The molecule has 5 nitrogen and oxygen atoms in total. The molecule has 2 aromatic heterocycles. The van der Waals surface area contributed by atoms with Gasteiger partial charge in [0.15, 0.2) is 5.65 Å². The highest BCUT2D eigenvalue weighted by atomic mass is 32.2. The van der Waals surface area contributed by atoms with Crippen LogP contribution >= 0.6 is 11.8 Å². The van der Waals surface area contributed by atoms with Gasteiger partial charge in [0, 0.05) is 19.3 Å².